The van der Waals surface area contributed by atoms with Gasteiger partial charge in [-0.15, -0.1) is 0 Å². The number of anilines is 3. The summed E-state index contributed by atoms with van der Waals surface area (Å²) < 4.78 is 0. The molecule has 2 aliphatic heterocycles. The second-order valence-electron chi connectivity index (χ2n) is 9.94. The van der Waals surface area contributed by atoms with Crippen molar-refractivity contribution in [2.75, 3.05) is 29.4 Å². The lowest BCUT2D eigenvalue weighted by Gasteiger charge is -2.43. The molecule has 3 aromatic heterocycles. The van der Waals surface area contributed by atoms with Crippen molar-refractivity contribution in [2.45, 2.75) is 44.6 Å². The van der Waals surface area contributed by atoms with E-state index in [1.807, 2.05) is 18.5 Å². The fourth-order valence-electron chi connectivity index (χ4n) is 6.51. The van der Waals surface area contributed by atoms with Gasteiger partial charge in [0, 0.05) is 31.9 Å². The molecule has 1 spiro atoms. The Kier molecular flexibility index (Phi) is 3.69. The quantitative estimate of drug-likeness (QED) is 0.662. The SMILES string of the molecule is N[C@H]1[C@H]2C[C@H]2CC12CCN(c1cnc3c(N4CCCc5ncccc54)n[nH]c3n1)CC2. The fraction of sp³-hybridized carbons (Fsp3) is 0.565. The number of fused-ring (bicyclic) bond motifs is 3. The summed E-state index contributed by atoms with van der Waals surface area (Å²) in [6, 6.07) is 4.51. The zero-order valence-corrected chi connectivity index (χ0v) is 17.7. The molecule has 0 radical (unpaired) electrons. The van der Waals surface area contributed by atoms with E-state index in [1.54, 1.807) is 0 Å². The third kappa shape index (κ3) is 2.63. The summed E-state index contributed by atoms with van der Waals surface area (Å²) in [7, 11) is 0. The molecule has 2 saturated carbocycles. The number of nitrogens with zero attached hydrogens (tertiary/aromatic N) is 6. The Morgan fingerprint density at radius 2 is 2.06 bits per heavy atom. The van der Waals surface area contributed by atoms with Crippen LogP contribution in [0.3, 0.4) is 0 Å². The zero-order valence-electron chi connectivity index (χ0n) is 17.7. The first kappa shape index (κ1) is 17.9. The molecule has 8 nitrogen and oxygen atoms in total. The molecule has 31 heavy (non-hydrogen) atoms. The van der Waals surface area contributed by atoms with E-state index in [9.17, 15) is 0 Å². The van der Waals surface area contributed by atoms with Crippen LogP contribution >= 0.6 is 0 Å². The smallest absolute Gasteiger partial charge is 0.183 e. The van der Waals surface area contributed by atoms with Gasteiger partial charge in [0.1, 0.15) is 5.82 Å². The lowest BCUT2D eigenvalue weighted by molar-refractivity contribution is 0.172. The van der Waals surface area contributed by atoms with Gasteiger partial charge < -0.3 is 15.5 Å². The van der Waals surface area contributed by atoms with Crippen molar-refractivity contribution < 1.29 is 0 Å². The molecule has 4 aliphatic rings. The predicted octanol–water partition coefficient (Wildman–Crippen LogP) is 2.79. The molecule has 0 bridgehead atoms. The first-order valence-corrected chi connectivity index (χ1v) is 11.6. The summed E-state index contributed by atoms with van der Waals surface area (Å²) in [5.41, 5.74) is 10.8. The molecule has 8 heteroatoms. The van der Waals surface area contributed by atoms with Crippen molar-refractivity contribution >= 4 is 28.5 Å². The summed E-state index contributed by atoms with van der Waals surface area (Å²) in [6.07, 6.45) is 10.9. The molecule has 5 heterocycles. The highest BCUT2D eigenvalue weighted by Crippen LogP contribution is 2.62. The minimum atomic E-state index is 0.373. The topological polar surface area (TPSA) is 99.9 Å². The number of nitrogens with two attached hydrogens (primary N) is 1. The van der Waals surface area contributed by atoms with Crippen molar-refractivity contribution in [3.8, 4) is 0 Å². The molecule has 3 atom stereocenters. The molecule has 3 fully saturated rings. The molecule has 2 aliphatic carbocycles. The number of hydrogen-bond donors (Lipinski definition) is 2. The average molecular weight is 417 g/mol. The number of nitrogens with one attached hydrogen (secondary N) is 1. The summed E-state index contributed by atoms with van der Waals surface area (Å²) in [4.78, 5) is 18.8. The van der Waals surface area contributed by atoms with E-state index in [-0.39, 0.29) is 0 Å². The number of aryl methyl sites for hydroxylation is 1. The Hall–Kier alpha value is -2.74. The Balaban J connectivity index is 1.15. The van der Waals surface area contributed by atoms with E-state index in [1.165, 1.54) is 25.7 Å². The van der Waals surface area contributed by atoms with Crippen LogP contribution in [0.4, 0.5) is 17.3 Å². The number of H-pyrrole nitrogens is 1. The molecule has 0 aromatic carbocycles. The standard InChI is InChI=1S/C23H28N8/c24-20-15-11-14(15)12-23(20)5-9-30(10-6-23)18-13-26-19-21(27-18)28-29-22(19)31-8-2-3-16-17(31)4-1-7-25-16/h1,4,7,13-15,20H,2-3,5-6,8-12,24H2,(H,27,28,29)/t14-,15-,20-/m0/s1. The first-order valence-electron chi connectivity index (χ1n) is 11.6. The van der Waals surface area contributed by atoms with E-state index >= 15 is 0 Å². The zero-order chi connectivity index (χ0) is 20.6. The summed E-state index contributed by atoms with van der Waals surface area (Å²) in [5.74, 6) is 3.50. The average Bonchev–Trinajstić information content (AvgIpc) is 3.36. The summed E-state index contributed by atoms with van der Waals surface area (Å²) in [6.45, 7) is 2.94. The van der Waals surface area contributed by atoms with Crippen LogP contribution in [-0.4, -0.2) is 50.8 Å². The Labute approximate surface area is 181 Å². The van der Waals surface area contributed by atoms with Crippen LogP contribution < -0.4 is 15.5 Å². The van der Waals surface area contributed by atoms with Crippen molar-refractivity contribution in [1.29, 1.82) is 0 Å². The fourth-order valence-corrected chi connectivity index (χ4v) is 6.51. The van der Waals surface area contributed by atoms with E-state index in [0.717, 1.165) is 78.5 Å². The molecule has 160 valence electrons. The lowest BCUT2D eigenvalue weighted by Crippen LogP contribution is -2.48. The van der Waals surface area contributed by atoms with E-state index in [4.69, 9.17) is 15.7 Å². The van der Waals surface area contributed by atoms with Crippen LogP contribution in [0.1, 0.15) is 37.8 Å². The van der Waals surface area contributed by atoms with Crippen LogP contribution in [0.15, 0.2) is 24.5 Å². The Morgan fingerprint density at radius 1 is 1.16 bits per heavy atom. The normalized spacial score (nSPS) is 28.7. The maximum Gasteiger partial charge on any atom is 0.183 e. The number of piperidine rings is 1. The second-order valence-corrected chi connectivity index (χ2v) is 9.94. The molecule has 0 amide bonds. The van der Waals surface area contributed by atoms with Gasteiger partial charge in [0.05, 0.1) is 17.6 Å². The van der Waals surface area contributed by atoms with Crippen LogP contribution in [0.2, 0.25) is 0 Å². The van der Waals surface area contributed by atoms with Crippen molar-refractivity contribution in [2.24, 2.45) is 23.0 Å². The number of pyridine rings is 1. The van der Waals surface area contributed by atoms with Gasteiger partial charge in [0.25, 0.3) is 0 Å². The van der Waals surface area contributed by atoms with Gasteiger partial charge in [-0.3, -0.25) is 10.1 Å². The van der Waals surface area contributed by atoms with Crippen molar-refractivity contribution in [3.63, 3.8) is 0 Å². The van der Waals surface area contributed by atoms with Crippen molar-refractivity contribution in [3.05, 3.63) is 30.2 Å². The van der Waals surface area contributed by atoms with Crippen LogP contribution in [-0.2, 0) is 6.42 Å². The molecular weight excluding hydrogens is 388 g/mol. The van der Waals surface area contributed by atoms with E-state index < -0.39 is 0 Å². The molecule has 1 saturated heterocycles. The first-order chi connectivity index (χ1) is 15.2. The molecule has 3 N–H and O–H groups in total. The highest BCUT2D eigenvalue weighted by atomic mass is 15.3. The maximum atomic E-state index is 6.63. The summed E-state index contributed by atoms with van der Waals surface area (Å²) >= 11 is 0. The van der Waals surface area contributed by atoms with E-state index in [0.29, 0.717) is 11.5 Å². The number of rotatable bonds is 2. The highest BCUT2D eigenvalue weighted by molar-refractivity contribution is 5.87. The number of aromatic nitrogens is 5. The van der Waals surface area contributed by atoms with Gasteiger partial charge in [-0.2, -0.15) is 5.10 Å². The van der Waals surface area contributed by atoms with Gasteiger partial charge in [0.2, 0.25) is 0 Å². The van der Waals surface area contributed by atoms with Gasteiger partial charge in [0.15, 0.2) is 17.0 Å². The third-order valence-electron chi connectivity index (χ3n) is 8.34. The molecule has 7 rings (SSSR count). The van der Waals surface area contributed by atoms with Crippen LogP contribution in [0.5, 0.6) is 0 Å². The Bertz CT molecular complexity index is 1150. The minimum absolute atomic E-state index is 0.373. The van der Waals surface area contributed by atoms with Gasteiger partial charge in [-0.05, 0) is 67.9 Å². The molecule has 3 aromatic rings. The number of aromatic amines is 1. The van der Waals surface area contributed by atoms with Crippen molar-refractivity contribution in [1.82, 2.24) is 25.1 Å². The largest absolute Gasteiger partial charge is 0.355 e. The van der Waals surface area contributed by atoms with E-state index in [2.05, 4.69) is 31.0 Å². The van der Waals surface area contributed by atoms with Crippen LogP contribution in [0.25, 0.3) is 11.2 Å². The monoisotopic (exact) mass is 416 g/mol. The minimum Gasteiger partial charge on any atom is -0.355 e. The maximum absolute atomic E-state index is 6.63. The predicted molar refractivity (Wildman–Crippen MR) is 119 cm³/mol. The van der Waals surface area contributed by atoms with Gasteiger partial charge in [-0.1, -0.05) is 0 Å². The molecular formula is C23H28N8. The summed E-state index contributed by atoms with van der Waals surface area (Å²) in [5, 5.41) is 7.73. The van der Waals surface area contributed by atoms with Gasteiger partial charge >= 0.3 is 0 Å². The lowest BCUT2D eigenvalue weighted by atomic mass is 9.72. The molecule has 0 unspecified atom stereocenters. The highest BCUT2D eigenvalue weighted by Gasteiger charge is 2.59. The second kappa shape index (κ2) is 6.38. The van der Waals surface area contributed by atoms with Gasteiger partial charge in [-0.25, -0.2) is 9.97 Å². The number of hydrogen-bond acceptors (Lipinski definition) is 7. The Morgan fingerprint density at radius 3 is 2.90 bits per heavy atom. The third-order valence-corrected chi connectivity index (χ3v) is 8.34. The van der Waals surface area contributed by atoms with Crippen LogP contribution in [0, 0.1) is 17.3 Å².